The van der Waals surface area contributed by atoms with E-state index in [2.05, 4.69) is 10.2 Å². The molecule has 1 aliphatic heterocycles. The third-order valence-electron chi connectivity index (χ3n) is 7.48. The maximum atomic E-state index is 13.5. The first-order valence-electron chi connectivity index (χ1n) is 14.1. The zero-order valence-corrected chi connectivity index (χ0v) is 24.3. The lowest BCUT2D eigenvalue weighted by Crippen LogP contribution is -2.33. The molecular formula is C33H40N2O5. The van der Waals surface area contributed by atoms with Gasteiger partial charge in [0.25, 0.3) is 11.7 Å². The van der Waals surface area contributed by atoms with Crippen LogP contribution in [0.25, 0.3) is 10.8 Å². The van der Waals surface area contributed by atoms with Crippen LogP contribution in [0.15, 0.2) is 48.5 Å². The number of carbonyl (C=O) groups excluding carboxylic acids is 3. The number of likely N-dealkylation sites (tertiary alicyclic amines) is 1. The Morgan fingerprint density at radius 3 is 2.27 bits per heavy atom. The quantitative estimate of drug-likeness (QED) is 0.234. The number of hydrogen-bond acceptors (Lipinski definition) is 6. The van der Waals surface area contributed by atoms with Gasteiger partial charge >= 0.3 is 0 Å². The maximum Gasteiger partial charge on any atom is 0.296 e. The van der Waals surface area contributed by atoms with Gasteiger partial charge in [0, 0.05) is 23.9 Å². The van der Waals surface area contributed by atoms with Gasteiger partial charge in [0.15, 0.2) is 11.5 Å². The van der Waals surface area contributed by atoms with Gasteiger partial charge in [-0.05, 0) is 66.6 Å². The van der Waals surface area contributed by atoms with Crippen LogP contribution in [0.2, 0.25) is 0 Å². The summed E-state index contributed by atoms with van der Waals surface area (Å²) in [7, 11) is 1.45. The Kier molecular flexibility index (Phi) is 9.25. The Bertz CT molecular complexity index is 1400. The van der Waals surface area contributed by atoms with E-state index in [9.17, 15) is 14.4 Å². The number of Topliss-reactive ketones (excluding diaryl/α,β-unsaturated/α-hetero) is 2. The van der Waals surface area contributed by atoms with E-state index in [1.807, 2.05) is 45.0 Å². The number of benzene rings is 3. The predicted octanol–water partition coefficient (Wildman–Crippen LogP) is 6.42. The number of hydrogen-bond donors (Lipinski definition) is 1. The van der Waals surface area contributed by atoms with Crippen LogP contribution in [0.5, 0.6) is 11.5 Å². The highest BCUT2D eigenvalue weighted by molar-refractivity contribution is 6.48. The molecule has 0 aromatic heterocycles. The number of ketones is 2. The smallest absolute Gasteiger partial charge is 0.296 e. The lowest BCUT2D eigenvalue weighted by Gasteiger charge is -2.26. The number of methoxy groups -OCH3 is 1. The number of anilines is 1. The molecule has 3 aromatic carbocycles. The number of nitrogens with zero attached hydrogens (tertiary/aromatic N) is 1. The summed E-state index contributed by atoms with van der Waals surface area (Å²) < 4.78 is 11.7. The van der Waals surface area contributed by atoms with Crippen LogP contribution in [0, 0.1) is 0 Å². The van der Waals surface area contributed by atoms with Gasteiger partial charge in [0.2, 0.25) is 0 Å². The molecule has 1 fully saturated rings. The number of piperidine rings is 1. The van der Waals surface area contributed by atoms with Crippen molar-refractivity contribution in [3.63, 3.8) is 0 Å². The molecule has 0 unspecified atom stereocenters. The summed E-state index contributed by atoms with van der Waals surface area (Å²) in [6.45, 7) is 11.5. The van der Waals surface area contributed by atoms with Crippen molar-refractivity contribution >= 4 is 33.9 Å². The van der Waals surface area contributed by atoms with Gasteiger partial charge in [-0.2, -0.15) is 0 Å². The minimum atomic E-state index is -0.803. The van der Waals surface area contributed by atoms with Crippen molar-refractivity contribution < 1.29 is 23.9 Å². The number of amides is 1. The lowest BCUT2D eigenvalue weighted by molar-refractivity contribution is -0.112. The van der Waals surface area contributed by atoms with Gasteiger partial charge in [0.05, 0.1) is 18.4 Å². The third kappa shape index (κ3) is 6.53. The molecule has 3 aromatic rings. The van der Waals surface area contributed by atoms with E-state index in [1.165, 1.54) is 26.4 Å². The summed E-state index contributed by atoms with van der Waals surface area (Å²) >= 11 is 0. The van der Waals surface area contributed by atoms with Crippen molar-refractivity contribution in [1.29, 1.82) is 0 Å². The van der Waals surface area contributed by atoms with Crippen molar-refractivity contribution in [2.45, 2.75) is 58.8 Å². The van der Waals surface area contributed by atoms with E-state index in [0.717, 1.165) is 30.6 Å². The Balaban J connectivity index is 1.60. The van der Waals surface area contributed by atoms with Crippen LogP contribution in [0.4, 0.5) is 5.69 Å². The molecule has 212 valence electrons. The van der Waals surface area contributed by atoms with E-state index in [0.29, 0.717) is 29.0 Å². The summed E-state index contributed by atoms with van der Waals surface area (Å²) in [5, 5.41) is 4.17. The third-order valence-corrected chi connectivity index (χ3v) is 7.48. The average Bonchev–Trinajstić information content (AvgIpc) is 2.96. The second-order valence-corrected chi connectivity index (χ2v) is 11.3. The van der Waals surface area contributed by atoms with E-state index in [-0.39, 0.29) is 28.9 Å². The molecule has 0 spiro atoms. The fourth-order valence-corrected chi connectivity index (χ4v) is 5.14. The van der Waals surface area contributed by atoms with Crippen LogP contribution in [-0.2, 0) is 10.2 Å². The summed E-state index contributed by atoms with van der Waals surface area (Å²) in [4.78, 5) is 42.0. The van der Waals surface area contributed by atoms with E-state index < -0.39 is 11.7 Å². The largest absolute Gasteiger partial charge is 0.494 e. The Labute approximate surface area is 236 Å². The summed E-state index contributed by atoms with van der Waals surface area (Å²) in [6.07, 6.45) is 4.03. The first-order valence-corrected chi connectivity index (χ1v) is 14.1. The van der Waals surface area contributed by atoms with Gasteiger partial charge in [-0.25, -0.2) is 0 Å². The number of rotatable bonds is 10. The van der Waals surface area contributed by atoms with E-state index >= 15 is 0 Å². The molecule has 0 radical (unpaired) electrons. The van der Waals surface area contributed by atoms with Crippen molar-refractivity contribution in [2.75, 3.05) is 38.7 Å². The summed E-state index contributed by atoms with van der Waals surface area (Å²) in [5.74, 6) is -0.646. The molecule has 1 N–H and O–H groups in total. The fraction of sp³-hybridized carbons (Fsp3) is 0.424. The Hall–Kier alpha value is -3.71. The molecule has 1 heterocycles. The highest BCUT2D eigenvalue weighted by Crippen LogP contribution is 2.36. The maximum absolute atomic E-state index is 13.5. The zero-order valence-electron chi connectivity index (χ0n) is 24.3. The molecule has 40 heavy (non-hydrogen) atoms. The molecule has 0 aliphatic carbocycles. The van der Waals surface area contributed by atoms with E-state index in [1.54, 1.807) is 31.2 Å². The first-order chi connectivity index (χ1) is 19.1. The minimum absolute atomic E-state index is 0.105. The standard InChI is InChI=1S/C33H40N2O5/c1-6-28(36)26-20-22(33(2,3)4)21-27(31(26)39-5)34-32(38)30(37)25-14-15-29(24-13-9-8-12-23(24)25)40-19-18-35-16-10-7-11-17-35/h8-9,12-15,20-21H,6-7,10-11,16-19H2,1-5H3,(H,34,38). The predicted molar refractivity (Wildman–Crippen MR) is 159 cm³/mol. The molecule has 0 saturated carbocycles. The molecule has 4 rings (SSSR count). The van der Waals surface area contributed by atoms with Crippen molar-refractivity contribution in [2.24, 2.45) is 0 Å². The van der Waals surface area contributed by atoms with Crippen molar-refractivity contribution in [1.82, 2.24) is 4.90 Å². The second kappa shape index (κ2) is 12.6. The molecule has 7 nitrogen and oxygen atoms in total. The molecule has 0 atom stereocenters. The van der Waals surface area contributed by atoms with Crippen LogP contribution < -0.4 is 14.8 Å². The van der Waals surface area contributed by atoms with Gasteiger partial charge in [0.1, 0.15) is 12.4 Å². The molecule has 1 aliphatic rings. The summed E-state index contributed by atoms with van der Waals surface area (Å²) in [5.41, 5.74) is 1.53. The monoisotopic (exact) mass is 544 g/mol. The molecule has 1 saturated heterocycles. The fourth-order valence-electron chi connectivity index (χ4n) is 5.14. The SMILES string of the molecule is CCC(=O)c1cc(C(C)(C)C)cc(NC(=O)C(=O)c2ccc(OCCN3CCCCC3)c3ccccc23)c1OC. The molecular weight excluding hydrogens is 504 g/mol. The molecule has 1 amide bonds. The summed E-state index contributed by atoms with van der Waals surface area (Å²) in [6, 6.07) is 14.4. The first kappa shape index (κ1) is 29.3. The number of nitrogens with one attached hydrogen (secondary N) is 1. The zero-order chi connectivity index (χ0) is 28.9. The Morgan fingerprint density at radius 2 is 1.62 bits per heavy atom. The van der Waals surface area contributed by atoms with Crippen molar-refractivity contribution in [3.05, 3.63) is 65.2 Å². The average molecular weight is 545 g/mol. The normalized spacial score (nSPS) is 14.1. The lowest BCUT2D eigenvalue weighted by atomic mass is 9.84. The molecule has 0 bridgehead atoms. The van der Waals surface area contributed by atoms with E-state index in [4.69, 9.17) is 9.47 Å². The highest BCUT2D eigenvalue weighted by Gasteiger charge is 2.26. The van der Waals surface area contributed by atoms with Gasteiger partial charge < -0.3 is 14.8 Å². The van der Waals surface area contributed by atoms with Gasteiger partial charge in [-0.1, -0.05) is 58.4 Å². The van der Waals surface area contributed by atoms with Gasteiger partial charge in [-0.15, -0.1) is 0 Å². The topological polar surface area (TPSA) is 84.9 Å². The number of ether oxygens (including phenoxy) is 2. The number of carbonyl (C=O) groups is 3. The Morgan fingerprint density at radius 1 is 0.925 bits per heavy atom. The second-order valence-electron chi connectivity index (χ2n) is 11.3. The van der Waals surface area contributed by atoms with Crippen LogP contribution in [0.1, 0.15) is 79.7 Å². The van der Waals surface area contributed by atoms with Crippen LogP contribution in [0.3, 0.4) is 0 Å². The van der Waals surface area contributed by atoms with Crippen LogP contribution in [-0.4, -0.2) is 55.7 Å². The van der Waals surface area contributed by atoms with Crippen molar-refractivity contribution in [3.8, 4) is 11.5 Å². The molecule has 7 heteroatoms. The van der Waals surface area contributed by atoms with Gasteiger partial charge in [-0.3, -0.25) is 19.3 Å². The minimum Gasteiger partial charge on any atom is -0.494 e. The highest BCUT2D eigenvalue weighted by atomic mass is 16.5. The van der Waals surface area contributed by atoms with Crippen LogP contribution >= 0.6 is 0 Å². The number of fused-ring (bicyclic) bond motifs is 1.